The molecule has 0 bridgehead atoms. The van der Waals surface area contributed by atoms with E-state index < -0.39 is 23.3 Å². The van der Waals surface area contributed by atoms with E-state index >= 15 is 0 Å². The molecule has 0 radical (unpaired) electrons. The zero-order chi connectivity index (χ0) is 29.8. The van der Waals surface area contributed by atoms with Crippen molar-refractivity contribution >= 4 is 49.7 Å². The molecule has 1 saturated heterocycles. The first-order chi connectivity index (χ1) is 20.1. The number of carbonyl (C=O) groups is 3. The van der Waals surface area contributed by atoms with Crippen molar-refractivity contribution in [3.63, 3.8) is 0 Å². The molecule has 1 aliphatic heterocycles. The number of thiophene rings is 1. The maximum absolute atomic E-state index is 14.1. The van der Waals surface area contributed by atoms with Crippen LogP contribution in [0.1, 0.15) is 34.7 Å². The van der Waals surface area contributed by atoms with E-state index in [1.54, 1.807) is 29.2 Å². The first kappa shape index (κ1) is 27.6. The molecule has 2 amide bonds. The quantitative estimate of drug-likeness (QED) is 0.195. The highest BCUT2D eigenvalue weighted by Gasteiger charge is 2.49. The number of ketones is 1. The standard InChI is InChI=1S/C32H31N5O4S/c1-3-24(38)37-14-13-18(16-37)30(40)36-31-26-25-22(11-12-23(33)28(25)42-31)32(35,29(39)27(26)34)21-10-9-20(15-17(21)2)41-19-7-5-4-6-8-19/h3-12,15,18,27H,1,13-14,16,33-35H2,2H3,(H,36,40)/t18-,27?,32?/m1/s1. The van der Waals surface area contributed by atoms with E-state index in [4.69, 9.17) is 21.9 Å². The molecule has 10 heteroatoms. The number of nitrogens with one attached hydrogen (secondary N) is 1. The number of nitrogen functional groups attached to an aromatic ring is 1. The van der Waals surface area contributed by atoms with Gasteiger partial charge < -0.3 is 32.2 Å². The summed E-state index contributed by atoms with van der Waals surface area (Å²) in [5.74, 6) is 0.0682. The van der Waals surface area contributed by atoms with E-state index in [9.17, 15) is 14.4 Å². The van der Waals surface area contributed by atoms with Crippen LogP contribution in [0.5, 0.6) is 11.5 Å². The van der Waals surface area contributed by atoms with Crippen LogP contribution in [0, 0.1) is 12.8 Å². The summed E-state index contributed by atoms with van der Waals surface area (Å²) in [4.78, 5) is 41.0. The lowest BCUT2D eigenvalue weighted by Crippen LogP contribution is -2.52. The van der Waals surface area contributed by atoms with Crippen LogP contribution >= 0.6 is 11.3 Å². The number of amides is 2. The van der Waals surface area contributed by atoms with Crippen LogP contribution in [0.25, 0.3) is 10.1 Å². The topological polar surface area (TPSA) is 154 Å². The minimum atomic E-state index is -1.55. The maximum Gasteiger partial charge on any atom is 0.245 e. The van der Waals surface area contributed by atoms with Crippen molar-refractivity contribution < 1.29 is 19.1 Å². The molecular weight excluding hydrogens is 550 g/mol. The summed E-state index contributed by atoms with van der Waals surface area (Å²) in [7, 11) is 0. The Morgan fingerprint density at radius 2 is 1.86 bits per heavy atom. The highest BCUT2D eigenvalue weighted by Crippen LogP contribution is 2.52. The van der Waals surface area contributed by atoms with Gasteiger partial charge in [0, 0.05) is 29.7 Å². The first-order valence-electron chi connectivity index (χ1n) is 13.6. The normalized spacial score (nSPS) is 21.4. The van der Waals surface area contributed by atoms with E-state index in [0.29, 0.717) is 68.5 Å². The van der Waals surface area contributed by atoms with E-state index in [1.807, 2.05) is 43.3 Å². The van der Waals surface area contributed by atoms with E-state index in [1.165, 1.54) is 17.4 Å². The van der Waals surface area contributed by atoms with Crippen LogP contribution in [0.2, 0.25) is 0 Å². The predicted molar refractivity (Wildman–Crippen MR) is 164 cm³/mol. The van der Waals surface area contributed by atoms with Crippen LogP contribution < -0.4 is 27.3 Å². The Hall–Kier alpha value is -4.51. The van der Waals surface area contributed by atoms with Gasteiger partial charge in [-0.1, -0.05) is 36.9 Å². The molecule has 1 aliphatic carbocycles. The molecule has 2 unspecified atom stereocenters. The van der Waals surface area contributed by atoms with Gasteiger partial charge in [-0.15, -0.1) is 11.3 Å². The van der Waals surface area contributed by atoms with Crippen molar-refractivity contribution in [1.82, 2.24) is 4.90 Å². The number of nitrogens with two attached hydrogens (primary N) is 3. The molecule has 1 aromatic heterocycles. The van der Waals surface area contributed by atoms with Crippen LogP contribution in [0.4, 0.5) is 10.7 Å². The molecular formula is C32H31N5O4S. The van der Waals surface area contributed by atoms with Gasteiger partial charge in [-0.25, -0.2) is 0 Å². The monoisotopic (exact) mass is 581 g/mol. The lowest BCUT2D eigenvalue weighted by Gasteiger charge is -2.37. The fourth-order valence-electron chi connectivity index (χ4n) is 6.04. The van der Waals surface area contributed by atoms with Gasteiger partial charge in [-0.3, -0.25) is 14.4 Å². The Balaban J connectivity index is 1.39. The summed E-state index contributed by atoms with van der Waals surface area (Å²) in [6, 6.07) is 17.2. The minimum absolute atomic E-state index is 0.207. The fourth-order valence-corrected chi connectivity index (χ4v) is 7.24. The Labute approximate surface area is 246 Å². The number of hydrogen-bond acceptors (Lipinski definition) is 8. The average Bonchev–Trinajstić information content (AvgIpc) is 3.62. The highest BCUT2D eigenvalue weighted by molar-refractivity contribution is 7.24. The first-order valence-corrected chi connectivity index (χ1v) is 14.5. The molecule has 42 heavy (non-hydrogen) atoms. The number of ether oxygens (including phenoxy) is 1. The molecule has 0 spiro atoms. The van der Waals surface area contributed by atoms with Gasteiger partial charge in [0.05, 0.1) is 16.7 Å². The minimum Gasteiger partial charge on any atom is -0.457 e. The molecule has 2 aliphatic rings. The summed E-state index contributed by atoms with van der Waals surface area (Å²) in [5.41, 5.74) is 21.5. The van der Waals surface area contributed by atoms with Crippen LogP contribution in [0.3, 0.4) is 0 Å². The molecule has 2 heterocycles. The zero-order valence-electron chi connectivity index (χ0n) is 23.1. The molecule has 9 nitrogen and oxygen atoms in total. The molecule has 7 N–H and O–H groups in total. The second kappa shape index (κ2) is 10.4. The Kier molecular flexibility index (Phi) is 6.84. The van der Waals surface area contributed by atoms with Gasteiger partial charge in [-0.05, 0) is 66.4 Å². The molecule has 1 fully saturated rings. The van der Waals surface area contributed by atoms with Crippen molar-refractivity contribution in [3.05, 3.63) is 95.6 Å². The van der Waals surface area contributed by atoms with E-state index in [2.05, 4.69) is 11.9 Å². The molecule has 214 valence electrons. The van der Waals surface area contributed by atoms with Crippen molar-refractivity contribution in [2.24, 2.45) is 17.4 Å². The SMILES string of the molecule is C=CC(=O)N1CC[C@@H](C(=O)Nc2sc3c(N)ccc4c3c2C(N)C(=O)C4(N)c2ccc(Oc3ccccc3)cc2C)C1. The highest BCUT2D eigenvalue weighted by atomic mass is 32.1. The van der Waals surface area contributed by atoms with Crippen molar-refractivity contribution in [2.75, 3.05) is 24.1 Å². The fraction of sp³-hybridized carbons (Fsp3) is 0.219. The summed E-state index contributed by atoms with van der Waals surface area (Å²) in [6.07, 6.45) is 1.77. The van der Waals surface area contributed by atoms with Crippen LogP contribution in [-0.2, 0) is 19.9 Å². The molecule has 6 rings (SSSR count). The second-order valence-corrected chi connectivity index (χ2v) is 11.8. The number of para-hydroxylation sites is 1. The Bertz CT molecular complexity index is 1770. The average molecular weight is 582 g/mol. The third-order valence-electron chi connectivity index (χ3n) is 8.20. The summed E-state index contributed by atoms with van der Waals surface area (Å²) >= 11 is 1.28. The van der Waals surface area contributed by atoms with Crippen molar-refractivity contribution in [2.45, 2.75) is 24.9 Å². The summed E-state index contributed by atoms with van der Waals surface area (Å²) in [5, 5.41) is 4.14. The number of Topliss-reactive ketones (excluding diaryl/α,β-unsaturated/α-hetero) is 1. The van der Waals surface area contributed by atoms with E-state index in [-0.39, 0.29) is 11.8 Å². The van der Waals surface area contributed by atoms with Gasteiger partial charge in [0.25, 0.3) is 0 Å². The number of nitrogens with zero attached hydrogens (tertiary/aromatic N) is 1. The van der Waals surface area contributed by atoms with Crippen LogP contribution in [0.15, 0.2) is 73.3 Å². The van der Waals surface area contributed by atoms with Gasteiger partial charge >= 0.3 is 0 Å². The number of aryl methyl sites for hydroxylation is 1. The molecule has 3 atom stereocenters. The number of likely N-dealkylation sites (tertiary alicyclic amines) is 1. The Morgan fingerprint density at radius 1 is 1.12 bits per heavy atom. The second-order valence-electron chi connectivity index (χ2n) is 10.8. The van der Waals surface area contributed by atoms with Crippen molar-refractivity contribution in [3.8, 4) is 11.5 Å². The molecule has 3 aromatic carbocycles. The number of rotatable bonds is 6. The van der Waals surface area contributed by atoms with Crippen molar-refractivity contribution in [1.29, 1.82) is 0 Å². The third kappa shape index (κ3) is 4.35. The van der Waals surface area contributed by atoms with Gasteiger partial charge in [-0.2, -0.15) is 0 Å². The van der Waals surface area contributed by atoms with Gasteiger partial charge in [0.2, 0.25) is 11.8 Å². The van der Waals surface area contributed by atoms with Gasteiger partial charge in [0.15, 0.2) is 5.78 Å². The number of anilines is 2. The third-order valence-corrected chi connectivity index (χ3v) is 9.37. The summed E-state index contributed by atoms with van der Waals surface area (Å²) < 4.78 is 6.69. The summed E-state index contributed by atoms with van der Waals surface area (Å²) in [6.45, 7) is 6.17. The smallest absolute Gasteiger partial charge is 0.245 e. The van der Waals surface area contributed by atoms with Crippen LogP contribution in [-0.4, -0.2) is 35.6 Å². The maximum atomic E-state index is 14.1. The predicted octanol–water partition coefficient (Wildman–Crippen LogP) is 4.34. The number of benzene rings is 3. The lowest BCUT2D eigenvalue weighted by atomic mass is 9.70. The van der Waals surface area contributed by atoms with Gasteiger partial charge in [0.1, 0.15) is 22.0 Å². The van der Waals surface area contributed by atoms with E-state index in [0.717, 1.165) is 5.56 Å². The lowest BCUT2D eigenvalue weighted by molar-refractivity contribution is -0.126. The zero-order valence-corrected chi connectivity index (χ0v) is 23.9. The Morgan fingerprint density at radius 3 is 2.57 bits per heavy atom. The number of hydrogen-bond donors (Lipinski definition) is 4. The largest absolute Gasteiger partial charge is 0.457 e. The molecule has 0 saturated carbocycles. The molecule has 4 aromatic rings. The number of carbonyl (C=O) groups excluding carboxylic acids is 3.